The van der Waals surface area contributed by atoms with Gasteiger partial charge in [0.05, 0.1) is 6.61 Å². The molecule has 0 saturated carbocycles. The number of carbonyl (C=O) groups is 1. The molecule has 16 heteroatoms. The highest BCUT2D eigenvalue weighted by atomic mass is 80.0. The fourth-order valence-electron chi connectivity index (χ4n) is 2.07. The largest absolute Gasteiger partial charge is 0.529 e. The molecule has 1 aliphatic heterocycles. The standard InChI is InChI=1S/C11H12Br3N2O10P/c12-11(13,14)9(20)26-27(22,23)24-3-4-6(18)7(19)8(25-4)16-2-1-5(17)15-10(16)21/h1-2,4,6-8,18-19H,3H2,(H,22,23)(H,15,17,21)/t4-,6-,7-,8-/m1/s1. The van der Waals surface area contributed by atoms with E-state index < -0.39 is 58.3 Å². The molecule has 0 spiro atoms. The zero-order chi connectivity index (χ0) is 20.6. The Kier molecular flexibility index (Phi) is 7.25. The number of hydrogen-bond acceptors (Lipinski definition) is 9. The summed E-state index contributed by atoms with van der Waals surface area (Å²) in [5.74, 6) is -1.22. The lowest BCUT2D eigenvalue weighted by Gasteiger charge is -2.18. The van der Waals surface area contributed by atoms with Crippen molar-refractivity contribution in [1.29, 1.82) is 0 Å². The number of phosphoric ester groups is 1. The van der Waals surface area contributed by atoms with Gasteiger partial charge in [-0.15, -0.1) is 0 Å². The molecule has 4 N–H and O–H groups in total. The molecule has 0 aromatic carbocycles. The molecule has 152 valence electrons. The van der Waals surface area contributed by atoms with Gasteiger partial charge in [-0.1, -0.05) is 0 Å². The summed E-state index contributed by atoms with van der Waals surface area (Å²) in [6, 6.07) is 1.00. The Bertz CT molecular complexity index is 867. The molecule has 2 rings (SSSR count). The number of aliphatic hydroxyl groups is 2. The number of nitrogens with one attached hydrogen (secondary N) is 1. The van der Waals surface area contributed by atoms with E-state index in [4.69, 9.17) is 4.74 Å². The van der Waals surface area contributed by atoms with Crippen molar-refractivity contribution in [3.05, 3.63) is 33.1 Å². The van der Waals surface area contributed by atoms with Gasteiger partial charge in [0.15, 0.2) is 6.23 Å². The molecule has 1 aromatic heterocycles. The van der Waals surface area contributed by atoms with Crippen LogP contribution >= 0.6 is 55.6 Å². The van der Waals surface area contributed by atoms with Crippen molar-refractivity contribution >= 4 is 61.6 Å². The fraction of sp³-hybridized carbons (Fsp3) is 0.545. The van der Waals surface area contributed by atoms with E-state index in [1.165, 1.54) is 0 Å². The Morgan fingerprint density at radius 2 is 1.96 bits per heavy atom. The van der Waals surface area contributed by atoms with E-state index in [0.29, 0.717) is 0 Å². The predicted molar refractivity (Wildman–Crippen MR) is 98.6 cm³/mol. The molecule has 5 atom stereocenters. The van der Waals surface area contributed by atoms with Crippen molar-refractivity contribution in [2.24, 2.45) is 0 Å². The van der Waals surface area contributed by atoms with Crippen LogP contribution < -0.4 is 11.2 Å². The van der Waals surface area contributed by atoms with E-state index in [0.717, 1.165) is 16.8 Å². The van der Waals surface area contributed by atoms with Gasteiger partial charge < -0.3 is 19.5 Å². The van der Waals surface area contributed by atoms with Crippen molar-refractivity contribution in [2.45, 2.75) is 26.7 Å². The van der Waals surface area contributed by atoms with E-state index >= 15 is 0 Å². The van der Waals surface area contributed by atoms with Crippen molar-refractivity contribution in [2.75, 3.05) is 6.61 Å². The number of hydrogen-bond donors (Lipinski definition) is 4. The zero-order valence-electron chi connectivity index (χ0n) is 12.9. The maximum absolute atomic E-state index is 11.8. The molecule has 0 aliphatic carbocycles. The van der Waals surface area contributed by atoms with Gasteiger partial charge in [0.1, 0.15) is 18.3 Å². The summed E-state index contributed by atoms with van der Waals surface area (Å²) in [7, 11) is -4.88. The van der Waals surface area contributed by atoms with Crippen LogP contribution in [0.15, 0.2) is 21.9 Å². The molecule has 1 unspecified atom stereocenters. The number of phosphoric acid groups is 1. The van der Waals surface area contributed by atoms with Gasteiger partial charge in [0.2, 0.25) is 2.14 Å². The predicted octanol–water partition coefficient (Wildman–Crippen LogP) is -0.345. The second-order valence-electron chi connectivity index (χ2n) is 5.20. The molecule has 0 radical (unpaired) electrons. The Balaban J connectivity index is 2.06. The summed E-state index contributed by atoms with van der Waals surface area (Å²) < 4.78 is 25.2. The highest BCUT2D eigenvalue weighted by Gasteiger charge is 2.46. The highest BCUT2D eigenvalue weighted by Crippen LogP contribution is 2.48. The molecule has 1 saturated heterocycles. The number of aromatic nitrogens is 2. The third kappa shape index (κ3) is 5.81. The normalized spacial score (nSPS) is 27.9. The number of aliphatic hydroxyl groups excluding tert-OH is 2. The number of aromatic amines is 1. The van der Waals surface area contributed by atoms with Gasteiger partial charge in [-0.25, -0.2) is 14.2 Å². The van der Waals surface area contributed by atoms with Crippen LogP contribution in [0, 0.1) is 0 Å². The van der Waals surface area contributed by atoms with E-state index in [-0.39, 0.29) is 0 Å². The van der Waals surface area contributed by atoms with Crippen molar-refractivity contribution in [3.8, 4) is 0 Å². The summed E-state index contributed by atoms with van der Waals surface area (Å²) in [5, 5.41) is 20.0. The summed E-state index contributed by atoms with van der Waals surface area (Å²) in [4.78, 5) is 45.9. The van der Waals surface area contributed by atoms with Crippen LogP contribution in [-0.4, -0.2) is 57.7 Å². The molecule has 12 nitrogen and oxygen atoms in total. The minimum atomic E-state index is -4.88. The van der Waals surface area contributed by atoms with Gasteiger partial charge in [0.25, 0.3) is 5.56 Å². The topological polar surface area (TPSA) is 177 Å². The lowest BCUT2D eigenvalue weighted by atomic mass is 10.1. The number of alkyl halides is 3. The van der Waals surface area contributed by atoms with Gasteiger partial charge in [-0.3, -0.25) is 23.8 Å². The minimum Gasteiger partial charge on any atom is -0.387 e. The van der Waals surface area contributed by atoms with E-state index in [9.17, 15) is 34.1 Å². The Hall–Kier alpha value is -0.380. The van der Waals surface area contributed by atoms with Crippen molar-refractivity contribution in [1.82, 2.24) is 9.55 Å². The highest BCUT2D eigenvalue weighted by molar-refractivity contribution is 9.40. The quantitative estimate of drug-likeness (QED) is 0.257. The Labute approximate surface area is 175 Å². The van der Waals surface area contributed by atoms with Gasteiger partial charge in [-0.05, 0) is 47.8 Å². The lowest BCUT2D eigenvalue weighted by molar-refractivity contribution is -0.134. The first-order valence-corrected chi connectivity index (χ1v) is 10.8. The number of halogens is 3. The zero-order valence-corrected chi connectivity index (χ0v) is 18.6. The lowest BCUT2D eigenvalue weighted by Crippen LogP contribution is -2.37. The smallest absolute Gasteiger partial charge is 0.387 e. The van der Waals surface area contributed by atoms with Crippen LogP contribution in [0.4, 0.5) is 0 Å². The summed E-state index contributed by atoms with van der Waals surface area (Å²) in [6.07, 6.45) is -4.90. The molecule has 27 heavy (non-hydrogen) atoms. The van der Waals surface area contributed by atoms with Crippen molar-refractivity contribution in [3.63, 3.8) is 0 Å². The van der Waals surface area contributed by atoms with Gasteiger partial charge in [0, 0.05) is 12.3 Å². The molecule has 0 bridgehead atoms. The first-order valence-electron chi connectivity index (χ1n) is 6.93. The number of H-pyrrole nitrogens is 1. The molecular weight excluding hydrogens is 591 g/mol. The van der Waals surface area contributed by atoms with E-state index in [2.05, 4.69) is 56.8 Å². The molecular formula is C11H12Br3N2O10P. The second-order valence-corrected chi connectivity index (χ2v) is 13.3. The molecule has 0 amide bonds. The Morgan fingerprint density at radius 1 is 1.33 bits per heavy atom. The van der Waals surface area contributed by atoms with E-state index in [1.54, 1.807) is 0 Å². The SMILES string of the molecule is O=C(OP(=O)(O)OC[C@H]1O[C@@H](n2ccc(=O)[nH]c2=O)[C@H](O)[C@@H]1O)C(Br)(Br)Br. The average molecular weight is 603 g/mol. The number of carbonyl (C=O) groups excluding carboxylic acids is 1. The molecule has 1 aromatic rings. The van der Waals surface area contributed by atoms with Crippen LogP contribution in [0.1, 0.15) is 6.23 Å². The molecule has 1 aliphatic rings. The monoisotopic (exact) mass is 600 g/mol. The maximum atomic E-state index is 11.8. The molecule has 1 fully saturated rings. The third-order valence-electron chi connectivity index (χ3n) is 3.29. The summed E-state index contributed by atoms with van der Waals surface area (Å²) in [6.45, 7) is -0.756. The third-order valence-corrected chi connectivity index (χ3v) is 5.14. The number of ether oxygens (including phenoxy) is 1. The fourth-order valence-corrected chi connectivity index (χ4v) is 3.43. The second kappa shape index (κ2) is 8.55. The van der Waals surface area contributed by atoms with Crippen LogP contribution in [0.5, 0.6) is 0 Å². The van der Waals surface area contributed by atoms with Gasteiger partial charge >= 0.3 is 19.5 Å². The van der Waals surface area contributed by atoms with Crippen LogP contribution in [0.3, 0.4) is 0 Å². The average Bonchev–Trinajstić information content (AvgIpc) is 2.80. The summed E-state index contributed by atoms with van der Waals surface area (Å²) in [5.41, 5.74) is -1.57. The number of nitrogens with zero attached hydrogens (tertiary/aromatic N) is 1. The Morgan fingerprint density at radius 3 is 2.52 bits per heavy atom. The molecule has 2 heterocycles. The number of rotatable bonds is 5. The summed E-state index contributed by atoms with van der Waals surface area (Å²) >= 11 is 8.38. The van der Waals surface area contributed by atoms with Crippen molar-refractivity contribution < 1.29 is 38.3 Å². The first-order chi connectivity index (χ1) is 12.3. The first kappa shape index (κ1) is 22.9. The van der Waals surface area contributed by atoms with Crippen LogP contribution in [0.25, 0.3) is 0 Å². The van der Waals surface area contributed by atoms with Crippen LogP contribution in [-0.2, 0) is 23.1 Å². The minimum absolute atomic E-state index is 0.673. The van der Waals surface area contributed by atoms with Crippen LogP contribution in [0.2, 0.25) is 0 Å². The maximum Gasteiger partial charge on any atom is 0.529 e. The van der Waals surface area contributed by atoms with E-state index in [1.807, 2.05) is 4.98 Å². The van der Waals surface area contributed by atoms with Gasteiger partial charge in [-0.2, -0.15) is 0 Å².